The molecule has 0 aromatic carbocycles. The van der Waals surface area contributed by atoms with Gasteiger partial charge in [0.1, 0.15) is 5.75 Å². The van der Waals surface area contributed by atoms with Gasteiger partial charge in [-0.1, -0.05) is 0 Å². The quantitative estimate of drug-likeness (QED) is 0.575. The van der Waals surface area contributed by atoms with Crippen molar-refractivity contribution in [2.45, 2.75) is 56.4 Å². The van der Waals surface area contributed by atoms with Gasteiger partial charge in [-0.3, -0.25) is 9.35 Å². The molecule has 4 aliphatic carbocycles. The maximum Gasteiger partial charge on any atom is 0.426 e. The molecule has 0 aliphatic heterocycles. The molecule has 0 heterocycles. The number of carbonyl (C=O) groups is 1. The number of halogens is 3. The Labute approximate surface area is 137 Å². The Bertz CT molecular complexity index is 629. The summed E-state index contributed by atoms with van der Waals surface area (Å²) in [5.41, 5.74) is -2.25. The van der Waals surface area contributed by atoms with Gasteiger partial charge in [-0.05, 0) is 50.4 Å². The molecule has 0 aromatic rings. The third kappa shape index (κ3) is 3.41. The Morgan fingerprint density at radius 2 is 1.75 bits per heavy atom. The van der Waals surface area contributed by atoms with Crippen LogP contribution in [0.1, 0.15) is 38.5 Å². The molecule has 2 N–H and O–H groups in total. The maximum atomic E-state index is 13.0. The van der Waals surface area contributed by atoms with Gasteiger partial charge in [-0.25, -0.2) is 0 Å². The van der Waals surface area contributed by atoms with Crippen LogP contribution in [0.2, 0.25) is 0 Å². The average molecular weight is 372 g/mol. The summed E-state index contributed by atoms with van der Waals surface area (Å²) in [6.45, 7) is 0. The monoisotopic (exact) mass is 372 g/mol. The van der Waals surface area contributed by atoms with Gasteiger partial charge in [0.05, 0.1) is 11.0 Å². The van der Waals surface area contributed by atoms with Gasteiger partial charge >= 0.3 is 12.1 Å². The van der Waals surface area contributed by atoms with E-state index in [0.29, 0.717) is 25.7 Å². The van der Waals surface area contributed by atoms with Crippen LogP contribution >= 0.6 is 0 Å². The summed E-state index contributed by atoms with van der Waals surface area (Å²) < 4.78 is 73.6. The van der Waals surface area contributed by atoms with Crippen LogP contribution in [-0.4, -0.2) is 47.7 Å². The fourth-order valence-corrected chi connectivity index (χ4v) is 5.73. The van der Waals surface area contributed by atoms with Crippen molar-refractivity contribution in [3.05, 3.63) is 0 Å². The number of esters is 1. The number of rotatable bonds is 4. The number of aliphatic hydroxyl groups is 1. The van der Waals surface area contributed by atoms with Gasteiger partial charge in [-0.2, -0.15) is 21.6 Å². The van der Waals surface area contributed by atoms with Crippen molar-refractivity contribution in [3.8, 4) is 0 Å². The van der Waals surface area contributed by atoms with Crippen LogP contribution in [0.25, 0.3) is 0 Å². The fourth-order valence-electron chi connectivity index (χ4n) is 5.09. The molecule has 4 aliphatic rings. The average Bonchev–Trinajstić information content (AvgIpc) is 2.31. The number of ether oxygens (including phenoxy) is 1. The molecule has 6 nitrogen and oxygen atoms in total. The highest BCUT2D eigenvalue weighted by molar-refractivity contribution is 7.85. The van der Waals surface area contributed by atoms with Crippen LogP contribution in [0, 0.1) is 17.3 Å². The van der Waals surface area contributed by atoms with Crippen LogP contribution in [0.3, 0.4) is 0 Å². The number of hydrogen-bond acceptors (Lipinski definition) is 5. The van der Waals surface area contributed by atoms with Gasteiger partial charge in [-0.15, -0.1) is 0 Å². The molecule has 4 saturated carbocycles. The molecule has 0 amide bonds. The zero-order chi connectivity index (χ0) is 18.0. The van der Waals surface area contributed by atoms with E-state index in [1.165, 1.54) is 0 Å². The molecule has 0 saturated heterocycles. The summed E-state index contributed by atoms with van der Waals surface area (Å²) >= 11 is 0. The molecule has 3 atom stereocenters. The van der Waals surface area contributed by atoms with E-state index in [-0.39, 0.29) is 18.3 Å². The van der Waals surface area contributed by atoms with Gasteiger partial charge in [0, 0.05) is 0 Å². The second-order valence-corrected chi connectivity index (χ2v) is 9.15. The van der Waals surface area contributed by atoms with Crippen molar-refractivity contribution in [1.29, 1.82) is 0 Å². The van der Waals surface area contributed by atoms with E-state index < -0.39 is 45.1 Å². The molecule has 0 aromatic heterocycles. The Morgan fingerprint density at radius 3 is 2.17 bits per heavy atom. The highest BCUT2D eigenvalue weighted by Gasteiger charge is 2.62. The first kappa shape index (κ1) is 17.9. The summed E-state index contributed by atoms with van der Waals surface area (Å²) in [6.07, 6.45) is -5.37. The SMILES string of the molecule is O=C(OC(CS(=O)(=O)O)C(F)(F)F)C12CC3CC(CC(O)(C3)C1)C2. The molecule has 0 spiro atoms. The largest absolute Gasteiger partial charge is 0.451 e. The summed E-state index contributed by atoms with van der Waals surface area (Å²) in [5, 5.41) is 10.5. The minimum absolute atomic E-state index is 0.0439. The van der Waals surface area contributed by atoms with Crippen molar-refractivity contribution in [2.24, 2.45) is 17.3 Å². The lowest BCUT2D eigenvalue weighted by atomic mass is 9.48. The summed E-state index contributed by atoms with van der Waals surface area (Å²) in [5.74, 6) is -2.72. The second kappa shape index (κ2) is 5.31. The van der Waals surface area contributed by atoms with Crippen molar-refractivity contribution >= 4 is 16.1 Å². The molecular weight excluding hydrogens is 353 g/mol. The van der Waals surface area contributed by atoms with E-state index in [2.05, 4.69) is 4.74 Å². The van der Waals surface area contributed by atoms with Crippen molar-refractivity contribution in [3.63, 3.8) is 0 Å². The molecule has 24 heavy (non-hydrogen) atoms. The van der Waals surface area contributed by atoms with E-state index in [4.69, 9.17) is 4.55 Å². The molecule has 4 fully saturated rings. The molecule has 10 heteroatoms. The smallest absolute Gasteiger partial charge is 0.426 e. The molecule has 138 valence electrons. The normalized spacial score (nSPS) is 39.7. The zero-order valence-corrected chi connectivity index (χ0v) is 13.6. The van der Waals surface area contributed by atoms with Crippen LogP contribution in [-0.2, 0) is 19.6 Å². The van der Waals surface area contributed by atoms with Crippen LogP contribution < -0.4 is 0 Å². The minimum Gasteiger partial charge on any atom is -0.451 e. The molecule has 0 radical (unpaired) electrons. The van der Waals surface area contributed by atoms with E-state index in [1.807, 2.05) is 0 Å². The van der Waals surface area contributed by atoms with Gasteiger partial charge < -0.3 is 9.84 Å². The Balaban J connectivity index is 1.80. The molecule has 4 rings (SSSR count). The van der Waals surface area contributed by atoms with Gasteiger partial charge in [0.2, 0.25) is 6.10 Å². The van der Waals surface area contributed by atoms with Crippen molar-refractivity contribution in [1.82, 2.24) is 0 Å². The summed E-state index contributed by atoms with van der Waals surface area (Å²) in [7, 11) is -4.97. The topological polar surface area (TPSA) is 101 Å². The van der Waals surface area contributed by atoms with E-state index in [9.17, 15) is 31.5 Å². The van der Waals surface area contributed by atoms with Crippen LogP contribution in [0.4, 0.5) is 13.2 Å². The molecule has 4 bridgehead atoms. The first-order valence-electron chi connectivity index (χ1n) is 7.76. The summed E-state index contributed by atoms with van der Waals surface area (Å²) in [6, 6.07) is 0. The predicted octanol–water partition coefficient (Wildman–Crippen LogP) is 1.68. The first-order valence-corrected chi connectivity index (χ1v) is 9.37. The second-order valence-electron chi connectivity index (χ2n) is 7.65. The van der Waals surface area contributed by atoms with Crippen LogP contribution in [0.5, 0.6) is 0 Å². The Hall–Kier alpha value is -0.870. The highest BCUT2D eigenvalue weighted by atomic mass is 32.2. The van der Waals surface area contributed by atoms with E-state index in [0.717, 1.165) is 6.42 Å². The minimum atomic E-state index is -5.11. The molecular formula is C14H19F3O6S. The first-order chi connectivity index (χ1) is 10.8. The van der Waals surface area contributed by atoms with Gasteiger partial charge in [0.25, 0.3) is 10.1 Å². The highest BCUT2D eigenvalue weighted by Crippen LogP contribution is 2.62. The third-order valence-electron chi connectivity index (χ3n) is 5.44. The zero-order valence-electron chi connectivity index (χ0n) is 12.8. The van der Waals surface area contributed by atoms with Crippen molar-refractivity contribution in [2.75, 3.05) is 5.75 Å². The lowest BCUT2D eigenvalue weighted by Gasteiger charge is -2.58. The standard InChI is InChI=1S/C14H19F3O6S/c15-14(16,17)10(6-24(20,21)22)23-11(18)12-2-8-1-9(3-12)5-13(19,4-8)7-12/h8-10,19H,1-7H2,(H,20,21,22). The lowest BCUT2D eigenvalue weighted by molar-refractivity contribution is -0.234. The fraction of sp³-hybridized carbons (Fsp3) is 0.929. The van der Waals surface area contributed by atoms with E-state index in [1.54, 1.807) is 0 Å². The number of hydrogen-bond donors (Lipinski definition) is 2. The number of carbonyl (C=O) groups excluding carboxylic acids is 1. The maximum absolute atomic E-state index is 13.0. The lowest BCUT2D eigenvalue weighted by Crippen LogP contribution is -2.59. The Kier molecular flexibility index (Phi) is 3.97. The predicted molar refractivity (Wildman–Crippen MR) is 74.4 cm³/mol. The number of alkyl halides is 3. The Morgan fingerprint density at radius 1 is 1.21 bits per heavy atom. The van der Waals surface area contributed by atoms with Crippen LogP contribution in [0.15, 0.2) is 0 Å². The molecule has 3 unspecified atom stereocenters. The third-order valence-corrected chi connectivity index (χ3v) is 6.16. The van der Waals surface area contributed by atoms with Crippen molar-refractivity contribution < 1.29 is 40.8 Å². The summed E-state index contributed by atoms with van der Waals surface area (Å²) in [4.78, 5) is 12.5. The van der Waals surface area contributed by atoms with Gasteiger partial charge in [0.15, 0.2) is 0 Å². The van der Waals surface area contributed by atoms with E-state index >= 15 is 0 Å².